The predicted molar refractivity (Wildman–Crippen MR) is 71.7 cm³/mol. The molecule has 2 rings (SSSR count). The second-order valence-corrected chi connectivity index (χ2v) is 5.26. The number of aromatic nitrogens is 2. The van der Waals surface area contributed by atoms with Gasteiger partial charge in [-0.25, -0.2) is 23.1 Å². The lowest BCUT2D eigenvalue weighted by atomic mass is 9.83. The van der Waals surface area contributed by atoms with Crippen molar-refractivity contribution in [1.82, 2.24) is 9.97 Å². The summed E-state index contributed by atoms with van der Waals surface area (Å²) >= 11 is 0. The van der Waals surface area contributed by atoms with E-state index in [0.29, 0.717) is 31.6 Å². The predicted octanol–water partition coefficient (Wildman–Crippen LogP) is 3.61. The molecule has 1 unspecified atom stereocenters. The van der Waals surface area contributed by atoms with Crippen LogP contribution in [0.2, 0.25) is 0 Å². The molecule has 1 aliphatic carbocycles. The number of nitrogens with zero attached hydrogens (tertiary/aromatic N) is 2. The molecule has 1 fully saturated rings. The molecule has 1 aromatic rings. The molecule has 0 radical (unpaired) electrons. The normalized spacial score (nSPS) is 24.6. The molecule has 1 N–H and O–H groups in total. The van der Waals surface area contributed by atoms with Gasteiger partial charge in [0.15, 0.2) is 6.17 Å². The third-order valence-corrected chi connectivity index (χ3v) is 3.87. The summed E-state index contributed by atoms with van der Waals surface area (Å²) in [6.07, 6.45) is 0.00273. The fourth-order valence-corrected chi connectivity index (χ4v) is 2.63. The molecule has 1 saturated carbocycles. The van der Waals surface area contributed by atoms with E-state index in [2.05, 4.69) is 15.3 Å². The van der Waals surface area contributed by atoms with Crippen molar-refractivity contribution < 1.29 is 13.2 Å². The van der Waals surface area contributed by atoms with E-state index in [4.69, 9.17) is 0 Å². The molecular formula is C14H20F3N3. The van der Waals surface area contributed by atoms with Gasteiger partial charge in [0.05, 0.1) is 0 Å². The first-order chi connectivity index (χ1) is 9.60. The summed E-state index contributed by atoms with van der Waals surface area (Å²) < 4.78 is 37.9. The molecule has 1 heterocycles. The van der Waals surface area contributed by atoms with Crippen molar-refractivity contribution in [3.05, 3.63) is 18.0 Å². The molecule has 6 heteroatoms. The van der Waals surface area contributed by atoms with Crippen LogP contribution >= 0.6 is 0 Å². The van der Waals surface area contributed by atoms with Gasteiger partial charge in [-0.2, -0.15) is 0 Å². The molecule has 1 aromatic heterocycles. The first kappa shape index (κ1) is 15.1. The monoisotopic (exact) mass is 287 g/mol. The summed E-state index contributed by atoms with van der Waals surface area (Å²) in [6, 6.07) is 2.00. The third-order valence-electron chi connectivity index (χ3n) is 3.87. The molecule has 0 spiro atoms. The standard InChI is InChI=1S/C14H20F3N3/c1-2-10-7-8-18-14(19-10)20-11-5-3-9(4-6-11)12(15)13(16)17/h7-9,11-13H,2-6H2,1H3,(H,18,19,20). The Kier molecular flexibility index (Phi) is 5.20. The fraction of sp³-hybridized carbons (Fsp3) is 0.714. The molecule has 0 aromatic carbocycles. The van der Waals surface area contributed by atoms with Gasteiger partial charge in [0, 0.05) is 17.9 Å². The Morgan fingerprint density at radius 1 is 1.25 bits per heavy atom. The van der Waals surface area contributed by atoms with Crippen LogP contribution in [0.15, 0.2) is 12.3 Å². The summed E-state index contributed by atoms with van der Waals surface area (Å²) in [6.45, 7) is 2.02. The molecule has 0 bridgehead atoms. The number of rotatable bonds is 5. The Morgan fingerprint density at radius 2 is 1.95 bits per heavy atom. The fourth-order valence-electron chi connectivity index (χ4n) is 2.63. The number of hydrogen-bond acceptors (Lipinski definition) is 3. The minimum Gasteiger partial charge on any atom is -0.351 e. The third kappa shape index (κ3) is 3.84. The lowest BCUT2D eigenvalue weighted by molar-refractivity contribution is 0.00504. The molecule has 20 heavy (non-hydrogen) atoms. The first-order valence-electron chi connectivity index (χ1n) is 7.10. The Balaban J connectivity index is 1.85. The highest BCUT2D eigenvalue weighted by Crippen LogP contribution is 2.32. The Bertz CT molecular complexity index is 420. The second-order valence-electron chi connectivity index (χ2n) is 5.26. The van der Waals surface area contributed by atoms with Crippen LogP contribution in [0.5, 0.6) is 0 Å². The van der Waals surface area contributed by atoms with Crippen molar-refractivity contribution in [2.45, 2.75) is 57.7 Å². The zero-order valence-corrected chi connectivity index (χ0v) is 11.5. The first-order valence-corrected chi connectivity index (χ1v) is 7.10. The van der Waals surface area contributed by atoms with E-state index in [-0.39, 0.29) is 6.04 Å². The van der Waals surface area contributed by atoms with Crippen molar-refractivity contribution in [1.29, 1.82) is 0 Å². The van der Waals surface area contributed by atoms with E-state index >= 15 is 0 Å². The van der Waals surface area contributed by atoms with Crippen molar-refractivity contribution in [2.75, 3.05) is 5.32 Å². The quantitative estimate of drug-likeness (QED) is 0.899. The summed E-state index contributed by atoms with van der Waals surface area (Å²) in [5.41, 5.74) is 0.956. The number of halogens is 3. The number of alkyl halides is 3. The van der Waals surface area contributed by atoms with E-state index in [1.807, 2.05) is 13.0 Å². The average Bonchev–Trinajstić information content (AvgIpc) is 2.47. The van der Waals surface area contributed by atoms with Gasteiger partial charge in [0.1, 0.15) is 0 Å². The van der Waals surface area contributed by atoms with E-state index in [1.165, 1.54) is 0 Å². The van der Waals surface area contributed by atoms with Crippen LogP contribution in [0.1, 0.15) is 38.3 Å². The van der Waals surface area contributed by atoms with Crippen LogP contribution in [0.4, 0.5) is 19.1 Å². The van der Waals surface area contributed by atoms with Gasteiger partial charge in [0.2, 0.25) is 5.95 Å². The van der Waals surface area contributed by atoms with Gasteiger partial charge >= 0.3 is 0 Å². The number of nitrogens with one attached hydrogen (secondary N) is 1. The maximum atomic E-state index is 13.3. The lowest BCUT2D eigenvalue weighted by Crippen LogP contribution is -2.33. The van der Waals surface area contributed by atoms with Crippen molar-refractivity contribution >= 4 is 5.95 Å². The van der Waals surface area contributed by atoms with Crippen LogP contribution in [0.25, 0.3) is 0 Å². The van der Waals surface area contributed by atoms with Gasteiger partial charge < -0.3 is 5.32 Å². The summed E-state index contributed by atoms with van der Waals surface area (Å²) in [5.74, 6) is 0.0504. The van der Waals surface area contributed by atoms with Gasteiger partial charge in [-0.1, -0.05) is 6.92 Å². The Morgan fingerprint density at radius 3 is 2.55 bits per heavy atom. The molecule has 1 atom stereocenters. The average molecular weight is 287 g/mol. The van der Waals surface area contributed by atoms with E-state index in [9.17, 15) is 13.2 Å². The van der Waals surface area contributed by atoms with E-state index in [0.717, 1.165) is 12.1 Å². The smallest absolute Gasteiger partial charge is 0.269 e. The van der Waals surface area contributed by atoms with E-state index < -0.39 is 18.5 Å². The minimum atomic E-state index is -2.87. The summed E-state index contributed by atoms with van der Waals surface area (Å²) in [5, 5.41) is 3.21. The maximum absolute atomic E-state index is 13.3. The minimum absolute atomic E-state index is 0.142. The number of hydrogen-bond donors (Lipinski definition) is 1. The van der Waals surface area contributed by atoms with Crippen LogP contribution in [-0.2, 0) is 6.42 Å². The van der Waals surface area contributed by atoms with Gasteiger partial charge in [-0.3, -0.25) is 0 Å². The lowest BCUT2D eigenvalue weighted by Gasteiger charge is -2.30. The van der Waals surface area contributed by atoms with Crippen molar-refractivity contribution in [3.8, 4) is 0 Å². The van der Waals surface area contributed by atoms with Crippen LogP contribution in [-0.4, -0.2) is 28.6 Å². The SMILES string of the molecule is CCc1ccnc(NC2CCC(C(F)C(F)F)CC2)n1. The zero-order chi connectivity index (χ0) is 14.5. The molecule has 3 nitrogen and oxygen atoms in total. The highest BCUT2D eigenvalue weighted by atomic mass is 19.3. The molecule has 0 aliphatic heterocycles. The van der Waals surface area contributed by atoms with E-state index in [1.54, 1.807) is 6.20 Å². The second kappa shape index (κ2) is 6.90. The summed E-state index contributed by atoms with van der Waals surface area (Å²) in [4.78, 5) is 8.50. The largest absolute Gasteiger partial charge is 0.351 e. The van der Waals surface area contributed by atoms with Gasteiger partial charge in [-0.15, -0.1) is 0 Å². The maximum Gasteiger partial charge on any atom is 0.269 e. The van der Waals surface area contributed by atoms with Crippen molar-refractivity contribution in [3.63, 3.8) is 0 Å². The summed E-state index contributed by atoms with van der Waals surface area (Å²) in [7, 11) is 0. The van der Waals surface area contributed by atoms with Gasteiger partial charge in [0.25, 0.3) is 6.43 Å². The van der Waals surface area contributed by atoms with Crippen LogP contribution in [0, 0.1) is 5.92 Å². The highest BCUT2D eigenvalue weighted by Gasteiger charge is 2.33. The Hall–Kier alpha value is -1.33. The zero-order valence-electron chi connectivity index (χ0n) is 11.5. The number of anilines is 1. The molecule has 0 saturated heterocycles. The van der Waals surface area contributed by atoms with Crippen molar-refractivity contribution in [2.24, 2.45) is 5.92 Å². The topological polar surface area (TPSA) is 37.8 Å². The number of aryl methyl sites for hydroxylation is 1. The molecular weight excluding hydrogens is 267 g/mol. The molecule has 112 valence electrons. The highest BCUT2D eigenvalue weighted by molar-refractivity contribution is 5.27. The van der Waals surface area contributed by atoms with Crippen LogP contribution < -0.4 is 5.32 Å². The molecule has 0 amide bonds. The van der Waals surface area contributed by atoms with Crippen LogP contribution in [0.3, 0.4) is 0 Å². The molecule has 1 aliphatic rings. The van der Waals surface area contributed by atoms with Gasteiger partial charge in [-0.05, 0) is 44.1 Å². The Labute approximate surface area is 117 Å².